The number of benzene rings is 1. The Hall–Kier alpha value is -4.17. The first kappa shape index (κ1) is 24.0. The normalized spacial score (nSPS) is 17.2. The Kier molecular flexibility index (Phi) is 6.84. The summed E-state index contributed by atoms with van der Waals surface area (Å²) in [5, 5.41) is 5.10. The van der Waals surface area contributed by atoms with Gasteiger partial charge in [0.1, 0.15) is 23.6 Å². The van der Waals surface area contributed by atoms with Crippen molar-refractivity contribution in [3.63, 3.8) is 0 Å². The number of fused-ring (bicyclic) bond motifs is 1. The van der Waals surface area contributed by atoms with Gasteiger partial charge in [0.25, 0.3) is 0 Å². The minimum absolute atomic E-state index is 0.00834. The molecule has 1 fully saturated rings. The summed E-state index contributed by atoms with van der Waals surface area (Å²) in [4.78, 5) is 22.5. The Labute approximate surface area is 201 Å². The van der Waals surface area contributed by atoms with Crippen molar-refractivity contribution < 1.29 is 23.4 Å². The van der Waals surface area contributed by atoms with Crippen LogP contribution in [-0.2, 0) is 9.53 Å². The summed E-state index contributed by atoms with van der Waals surface area (Å²) in [6, 6.07) is 2.54. The molecule has 1 aromatic carbocycles. The lowest BCUT2D eigenvalue weighted by atomic mass is 10.1. The summed E-state index contributed by atoms with van der Waals surface area (Å²) in [5.41, 5.74) is 6.98. The third-order valence-corrected chi connectivity index (χ3v) is 5.86. The van der Waals surface area contributed by atoms with Gasteiger partial charge in [0.15, 0.2) is 17.2 Å². The number of methoxy groups -OCH3 is 3. The Morgan fingerprint density at radius 1 is 1.29 bits per heavy atom. The number of carbonyl (C=O) groups is 1. The number of anilines is 1. The van der Waals surface area contributed by atoms with E-state index >= 15 is 0 Å². The van der Waals surface area contributed by atoms with E-state index in [-0.39, 0.29) is 40.8 Å². The fourth-order valence-corrected chi connectivity index (χ4v) is 4.20. The Bertz CT molecular complexity index is 1350. The highest BCUT2D eigenvalue weighted by Crippen LogP contribution is 2.32. The Balaban J connectivity index is 1.79. The van der Waals surface area contributed by atoms with E-state index in [2.05, 4.69) is 33.5 Å². The van der Waals surface area contributed by atoms with Crippen molar-refractivity contribution in [2.24, 2.45) is 0 Å². The van der Waals surface area contributed by atoms with Crippen molar-refractivity contribution in [3.8, 4) is 23.3 Å². The van der Waals surface area contributed by atoms with Crippen molar-refractivity contribution in [1.29, 1.82) is 0 Å². The monoisotopic (exact) mass is 480 g/mol. The molecule has 11 heteroatoms. The van der Waals surface area contributed by atoms with Crippen molar-refractivity contribution in [2.45, 2.75) is 18.5 Å². The molecule has 0 spiro atoms. The van der Waals surface area contributed by atoms with E-state index in [0.29, 0.717) is 36.4 Å². The second-order valence-electron chi connectivity index (χ2n) is 7.89. The molecule has 182 valence electrons. The van der Waals surface area contributed by atoms with Gasteiger partial charge in [-0.1, -0.05) is 12.5 Å². The number of hydrogen-bond donors (Lipinski definition) is 1. The first-order valence-corrected chi connectivity index (χ1v) is 10.8. The quantitative estimate of drug-likeness (QED) is 0.420. The van der Waals surface area contributed by atoms with Gasteiger partial charge in [-0.05, 0) is 24.5 Å². The summed E-state index contributed by atoms with van der Waals surface area (Å²) >= 11 is 0. The van der Waals surface area contributed by atoms with E-state index in [1.54, 1.807) is 16.7 Å². The van der Waals surface area contributed by atoms with E-state index in [1.807, 2.05) is 0 Å². The minimum atomic E-state index is -0.620. The Morgan fingerprint density at radius 2 is 2.09 bits per heavy atom. The van der Waals surface area contributed by atoms with Gasteiger partial charge in [-0.3, -0.25) is 4.79 Å². The molecule has 2 N–H and O–H groups in total. The molecule has 3 aromatic rings. The third kappa shape index (κ3) is 4.48. The number of amides is 1. The predicted octanol–water partition coefficient (Wildman–Crippen LogP) is 1.94. The number of likely N-dealkylation sites (tertiary alicyclic amines) is 1. The fraction of sp³-hybridized carbons (Fsp3) is 0.333. The average Bonchev–Trinajstić information content (AvgIpc) is 3.45. The Morgan fingerprint density at radius 3 is 2.77 bits per heavy atom. The molecule has 2 aromatic heterocycles. The molecule has 4 rings (SSSR count). The molecule has 1 saturated heterocycles. The van der Waals surface area contributed by atoms with Crippen molar-refractivity contribution in [2.75, 3.05) is 40.2 Å². The van der Waals surface area contributed by atoms with Crippen molar-refractivity contribution >= 4 is 22.8 Å². The lowest BCUT2D eigenvalue weighted by molar-refractivity contribution is -0.127. The van der Waals surface area contributed by atoms with Crippen LogP contribution in [0.3, 0.4) is 0 Å². The van der Waals surface area contributed by atoms with E-state index in [1.165, 1.54) is 38.8 Å². The van der Waals surface area contributed by atoms with E-state index < -0.39 is 5.82 Å². The first-order chi connectivity index (χ1) is 16.9. The third-order valence-electron chi connectivity index (χ3n) is 5.86. The molecular formula is C24H25FN6O4. The van der Waals surface area contributed by atoms with Crippen LogP contribution < -0.4 is 15.2 Å². The summed E-state index contributed by atoms with van der Waals surface area (Å²) in [6.45, 7) is 4.34. The maximum atomic E-state index is 14.8. The van der Waals surface area contributed by atoms with Crippen LogP contribution in [0.15, 0.2) is 31.1 Å². The highest BCUT2D eigenvalue weighted by atomic mass is 19.1. The minimum Gasteiger partial charge on any atom is -0.497 e. The lowest BCUT2D eigenvalue weighted by Crippen LogP contribution is -2.37. The van der Waals surface area contributed by atoms with Crippen LogP contribution in [0.5, 0.6) is 11.5 Å². The van der Waals surface area contributed by atoms with Gasteiger partial charge in [-0.15, -0.1) is 0 Å². The molecule has 35 heavy (non-hydrogen) atoms. The topological polar surface area (TPSA) is 118 Å². The number of carbonyl (C=O) groups excluding carboxylic acids is 1. The average molecular weight is 481 g/mol. The molecule has 0 radical (unpaired) electrons. The second-order valence-corrected chi connectivity index (χ2v) is 7.89. The van der Waals surface area contributed by atoms with Gasteiger partial charge < -0.3 is 24.8 Å². The zero-order valence-electron chi connectivity index (χ0n) is 19.6. The summed E-state index contributed by atoms with van der Waals surface area (Å²) < 4.78 is 32.1. The number of rotatable bonds is 6. The first-order valence-electron chi connectivity index (χ1n) is 10.8. The highest BCUT2D eigenvalue weighted by Gasteiger charge is 2.37. The summed E-state index contributed by atoms with van der Waals surface area (Å²) in [5.74, 6) is 5.48. The van der Waals surface area contributed by atoms with E-state index in [4.69, 9.17) is 19.9 Å². The molecule has 2 atom stereocenters. The van der Waals surface area contributed by atoms with Crippen LogP contribution in [0.1, 0.15) is 23.7 Å². The van der Waals surface area contributed by atoms with Gasteiger partial charge in [-0.2, -0.15) is 5.10 Å². The van der Waals surface area contributed by atoms with Crippen LogP contribution in [-0.4, -0.2) is 71.1 Å². The van der Waals surface area contributed by atoms with Crippen LogP contribution in [0, 0.1) is 17.7 Å². The van der Waals surface area contributed by atoms with Crippen LogP contribution in [0.4, 0.5) is 10.2 Å². The van der Waals surface area contributed by atoms with Gasteiger partial charge in [0.05, 0.1) is 43.9 Å². The number of nitrogens with zero attached hydrogens (tertiary/aromatic N) is 5. The molecule has 0 aliphatic carbocycles. The van der Waals surface area contributed by atoms with Crippen molar-refractivity contribution in [3.05, 3.63) is 48.2 Å². The molecular weight excluding hydrogens is 455 g/mol. The van der Waals surface area contributed by atoms with Crippen molar-refractivity contribution in [1.82, 2.24) is 24.6 Å². The zero-order chi connectivity index (χ0) is 25.1. The van der Waals surface area contributed by atoms with E-state index in [9.17, 15) is 9.18 Å². The molecule has 3 heterocycles. The van der Waals surface area contributed by atoms with Gasteiger partial charge in [0, 0.05) is 19.7 Å². The van der Waals surface area contributed by atoms with Gasteiger partial charge in [0.2, 0.25) is 5.91 Å². The number of nitrogens with two attached hydrogens (primary N) is 1. The smallest absolute Gasteiger partial charge is 0.246 e. The summed E-state index contributed by atoms with van der Waals surface area (Å²) in [6.07, 6.45) is 3.21. The number of hydrogen-bond acceptors (Lipinski definition) is 8. The molecule has 0 bridgehead atoms. The van der Waals surface area contributed by atoms with E-state index in [0.717, 1.165) is 0 Å². The number of halogens is 1. The molecule has 1 amide bonds. The highest BCUT2D eigenvalue weighted by molar-refractivity contribution is 5.91. The molecule has 0 unspecified atom stereocenters. The largest absolute Gasteiger partial charge is 0.497 e. The number of ether oxygens (including phenoxy) is 3. The molecule has 1 aliphatic rings. The zero-order valence-corrected chi connectivity index (χ0v) is 19.6. The van der Waals surface area contributed by atoms with Crippen LogP contribution >= 0.6 is 0 Å². The molecule has 10 nitrogen and oxygen atoms in total. The summed E-state index contributed by atoms with van der Waals surface area (Å²) in [7, 11) is 4.42. The predicted molar refractivity (Wildman–Crippen MR) is 126 cm³/mol. The fourth-order valence-electron chi connectivity index (χ4n) is 4.20. The van der Waals surface area contributed by atoms with Gasteiger partial charge >= 0.3 is 0 Å². The van der Waals surface area contributed by atoms with Crippen LogP contribution in [0.25, 0.3) is 11.0 Å². The maximum Gasteiger partial charge on any atom is 0.246 e. The SMILES string of the molecule is C=CC(=O)N1C[C@@H](n2nc(C#Cc3cc(OC)cc(OC)c3F)c3c(N)ncnc32)C[C@@H]1COC. The molecule has 0 saturated carbocycles. The van der Waals surface area contributed by atoms with Crippen LogP contribution in [0.2, 0.25) is 0 Å². The standard InChI is InChI=1S/C24H25FN6O4/c1-5-20(32)30-11-15(9-16(30)12-33-2)31-24-21(23(26)27-13-28-24)18(29-31)7-6-14-8-17(34-3)10-19(35-4)22(14)25/h5,8,10,13,15-16H,1,9,11-12H2,2-4H3,(H2,26,27,28)/t15-,16+/m0/s1. The maximum absolute atomic E-state index is 14.8. The molecule has 1 aliphatic heterocycles. The lowest BCUT2D eigenvalue weighted by Gasteiger charge is -2.22. The second kappa shape index (κ2) is 9.99. The van der Waals surface area contributed by atoms with Gasteiger partial charge in [-0.25, -0.2) is 19.0 Å². The number of aromatic nitrogens is 4. The number of nitrogen functional groups attached to an aromatic ring is 1.